The van der Waals surface area contributed by atoms with Crippen LogP contribution in [0.15, 0.2) is 4.52 Å². The molecule has 19 heavy (non-hydrogen) atoms. The van der Waals surface area contributed by atoms with Crippen LogP contribution in [0, 0.1) is 5.92 Å². The van der Waals surface area contributed by atoms with Gasteiger partial charge in [-0.3, -0.25) is 0 Å². The second kappa shape index (κ2) is 4.56. The smallest absolute Gasteiger partial charge is 0.246 e. The van der Waals surface area contributed by atoms with Gasteiger partial charge in [-0.05, 0) is 38.0 Å². The molecular weight excluding hydrogens is 242 g/mol. The molecule has 2 N–H and O–H groups in total. The third-order valence-electron chi connectivity index (χ3n) is 4.84. The summed E-state index contributed by atoms with van der Waals surface area (Å²) in [4.78, 5) is 4.58. The van der Waals surface area contributed by atoms with Crippen LogP contribution in [0.25, 0.3) is 0 Å². The SMILES string of the molecule is COC1(c2noc(C3(N)CCCC(C)C3)n2)CCC1. The van der Waals surface area contributed by atoms with Gasteiger partial charge in [-0.15, -0.1) is 0 Å². The normalized spacial score (nSPS) is 33.9. The average Bonchev–Trinajstić information content (AvgIpc) is 2.78. The average molecular weight is 265 g/mol. The van der Waals surface area contributed by atoms with Crippen LogP contribution in [0.4, 0.5) is 0 Å². The molecule has 0 saturated heterocycles. The molecule has 5 heteroatoms. The number of nitrogens with zero attached hydrogens (tertiary/aromatic N) is 2. The Morgan fingerprint density at radius 3 is 2.68 bits per heavy atom. The van der Waals surface area contributed by atoms with Crippen LogP contribution in [0.1, 0.15) is 63.6 Å². The number of methoxy groups -OCH3 is 1. The van der Waals surface area contributed by atoms with Crippen LogP contribution in [0.3, 0.4) is 0 Å². The molecule has 2 atom stereocenters. The second-order valence-corrected chi connectivity index (χ2v) is 6.33. The molecule has 2 aliphatic carbocycles. The number of aromatic nitrogens is 2. The molecule has 0 bridgehead atoms. The van der Waals surface area contributed by atoms with Crippen LogP contribution in [-0.4, -0.2) is 17.3 Å². The van der Waals surface area contributed by atoms with Crippen molar-refractivity contribution in [3.05, 3.63) is 11.7 Å². The van der Waals surface area contributed by atoms with E-state index in [1.54, 1.807) is 7.11 Å². The van der Waals surface area contributed by atoms with Gasteiger partial charge in [-0.2, -0.15) is 4.98 Å². The lowest BCUT2D eigenvalue weighted by Crippen LogP contribution is -2.42. The summed E-state index contributed by atoms with van der Waals surface area (Å²) in [5.74, 6) is 1.89. The maximum Gasteiger partial charge on any atom is 0.246 e. The Morgan fingerprint density at radius 1 is 1.32 bits per heavy atom. The Kier molecular flexibility index (Phi) is 3.14. The Labute approximate surface area is 113 Å². The second-order valence-electron chi connectivity index (χ2n) is 6.33. The number of hydrogen-bond acceptors (Lipinski definition) is 5. The lowest BCUT2D eigenvalue weighted by atomic mass is 9.76. The first-order valence-electron chi connectivity index (χ1n) is 7.27. The highest BCUT2D eigenvalue weighted by Crippen LogP contribution is 2.44. The fraction of sp³-hybridized carbons (Fsp3) is 0.857. The lowest BCUT2D eigenvalue weighted by Gasteiger charge is -2.37. The summed E-state index contributed by atoms with van der Waals surface area (Å²) in [5, 5.41) is 4.14. The Hall–Kier alpha value is -0.940. The van der Waals surface area contributed by atoms with Gasteiger partial charge in [0.05, 0.1) is 5.54 Å². The quantitative estimate of drug-likeness (QED) is 0.908. The highest BCUT2D eigenvalue weighted by molar-refractivity contribution is 5.11. The minimum absolute atomic E-state index is 0.321. The molecular formula is C14H23N3O2. The van der Waals surface area contributed by atoms with Crippen molar-refractivity contribution in [1.82, 2.24) is 10.1 Å². The van der Waals surface area contributed by atoms with E-state index >= 15 is 0 Å². The number of rotatable bonds is 3. The summed E-state index contributed by atoms with van der Waals surface area (Å²) in [6.45, 7) is 2.24. The highest BCUT2D eigenvalue weighted by Gasteiger charge is 2.45. The zero-order valence-corrected chi connectivity index (χ0v) is 11.8. The van der Waals surface area contributed by atoms with Crippen molar-refractivity contribution in [1.29, 1.82) is 0 Å². The molecule has 1 heterocycles. The highest BCUT2D eigenvalue weighted by atomic mass is 16.5. The molecule has 3 rings (SSSR count). The first-order valence-corrected chi connectivity index (χ1v) is 7.27. The minimum atomic E-state index is -0.443. The van der Waals surface area contributed by atoms with Crippen molar-refractivity contribution in [2.75, 3.05) is 7.11 Å². The molecule has 2 aliphatic rings. The van der Waals surface area contributed by atoms with Gasteiger partial charge in [0.25, 0.3) is 0 Å². The molecule has 0 spiro atoms. The van der Waals surface area contributed by atoms with E-state index in [0.29, 0.717) is 17.6 Å². The fourth-order valence-corrected chi connectivity index (χ4v) is 3.41. The fourth-order valence-electron chi connectivity index (χ4n) is 3.41. The van der Waals surface area contributed by atoms with E-state index in [1.807, 2.05) is 0 Å². The van der Waals surface area contributed by atoms with Gasteiger partial charge in [0.2, 0.25) is 11.7 Å². The molecule has 5 nitrogen and oxygen atoms in total. The van der Waals surface area contributed by atoms with Crippen LogP contribution in [-0.2, 0) is 15.9 Å². The largest absolute Gasteiger partial charge is 0.370 e. The Bertz CT molecular complexity index is 450. The summed E-state index contributed by atoms with van der Waals surface area (Å²) in [5.41, 5.74) is 5.73. The summed E-state index contributed by atoms with van der Waals surface area (Å²) in [6.07, 6.45) is 7.32. The Balaban J connectivity index is 1.84. The zero-order valence-electron chi connectivity index (χ0n) is 11.8. The van der Waals surface area contributed by atoms with Crippen molar-refractivity contribution < 1.29 is 9.26 Å². The summed E-state index contributed by atoms with van der Waals surface area (Å²) >= 11 is 0. The number of nitrogens with two attached hydrogens (primary N) is 1. The van der Waals surface area contributed by atoms with Gasteiger partial charge in [-0.25, -0.2) is 0 Å². The van der Waals surface area contributed by atoms with E-state index in [0.717, 1.165) is 38.5 Å². The molecule has 2 fully saturated rings. The molecule has 0 radical (unpaired) electrons. The molecule has 0 amide bonds. The molecule has 2 unspecified atom stereocenters. The van der Waals surface area contributed by atoms with Gasteiger partial charge in [0, 0.05) is 7.11 Å². The molecule has 0 aliphatic heterocycles. The van der Waals surface area contributed by atoms with E-state index in [1.165, 1.54) is 6.42 Å². The topological polar surface area (TPSA) is 74.2 Å². The summed E-state index contributed by atoms with van der Waals surface area (Å²) in [6, 6.07) is 0. The van der Waals surface area contributed by atoms with Gasteiger partial charge in [0.15, 0.2) is 0 Å². The maximum absolute atomic E-state index is 6.49. The first kappa shape index (κ1) is 13.1. The van der Waals surface area contributed by atoms with Gasteiger partial charge < -0.3 is 15.0 Å². The predicted molar refractivity (Wildman–Crippen MR) is 70.3 cm³/mol. The molecule has 106 valence electrons. The first-order chi connectivity index (χ1) is 9.08. The number of ether oxygens (including phenoxy) is 1. The van der Waals surface area contributed by atoms with Crippen molar-refractivity contribution >= 4 is 0 Å². The van der Waals surface area contributed by atoms with Gasteiger partial charge in [0.1, 0.15) is 5.60 Å². The van der Waals surface area contributed by atoms with Gasteiger partial charge >= 0.3 is 0 Å². The van der Waals surface area contributed by atoms with E-state index in [-0.39, 0.29) is 5.60 Å². The van der Waals surface area contributed by atoms with Gasteiger partial charge in [-0.1, -0.05) is 24.9 Å². The Morgan fingerprint density at radius 2 is 2.11 bits per heavy atom. The van der Waals surface area contributed by atoms with Crippen molar-refractivity contribution in [3.63, 3.8) is 0 Å². The predicted octanol–water partition coefficient (Wildman–Crippen LogP) is 2.46. The third-order valence-corrected chi connectivity index (χ3v) is 4.84. The lowest BCUT2D eigenvalue weighted by molar-refractivity contribution is -0.0858. The maximum atomic E-state index is 6.49. The molecule has 1 aromatic heterocycles. The van der Waals surface area contributed by atoms with Crippen LogP contribution < -0.4 is 5.73 Å². The van der Waals surface area contributed by atoms with E-state index < -0.39 is 5.54 Å². The monoisotopic (exact) mass is 265 g/mol. The van der Waals surface area contributed by atoms with E-state index in [2.05, 4.69) is 17.1 Å². The third kappa shape index (κ3) is 2.09. The molecule has 2 saturated carbocycles. The van der Waals surface area contributed by atoms with Crippen molar-refractivity contribution in [2.45, 2.75) is 63.0 Å². The minimum Gasteiger partial charge on any atom is -0.370 e. The molecule has 0 aromatic carbocycles. The van der Waals surface area contributed by atoms with Crippen LogP contribution in [0.5, 0.6) is 0 Å². The molecule has 1 aromatic rings. The van der Waals surface area contributed by atoms with Crippen molar-refractivity contribution in [3.8, 4) is 0 Å². The van der Waals surface area contributed by atoms with Crippen LogP contribution >= 0.6 is 0 Å². The number of hydrogen-bond donors (Lipinski definition) is 1. The van der Waals surface area contributed by atoms with E-state index in [9.17, 15) is 0 Å². The summed E-state index contributed by atoms with van der Waals surface area (Å²) in [7, 11) is 1.72. The zero-order chi connectivity index (χ0) is 13.5. The summed E-state index contributed by atoms with van der Waals surface area (Å²) < 4.78 is 11.1. The standard InChI is InChI=1S/C14H23N3O2/c1-10-5-3-6-13(15,9-10)12-16-11(17-19-12)14(18-2)7-4-8-14/h10H,3-9,15H2,1-2H3. The van der Waals surface area contributed by atoms with Crippen molar-refractivity contribution in [2.24, 2.45) is 11.7 Å². The van der Waals surface area contributed by atoms with Crippen LogP contribution in [0.2, 0.25) is 0 Å². The van der Waals surface area contributed by atoms with E-state index in [4.69, 9.17) is 15.0 Å².